The number of hydrogen-bond donors (Lipinski definition) is 2. The molecule has 0 atom stereocenters. The summed E-state index contributed by atoms with van der Waals surface area (Å²) in [5.74, 6) is 0.491. The van der Waals surface area contributed by atoms with Crippen LogP contribution in [0.15, 0.2) is 12.4 Å². The molecule has 1 fully saturated rings. The monoisotopic (exact) mass is 319 g/mol. The first-order chi connectivity index (χ1) is 11.2. The van der Waals surface area contributed by atoms with Crippen molar-refractivity contribution in [2.45, 2.75) is 25.8 Å². The average molecular weight is 319 g/mol. The Bertz CT molecular complexity index is 645. The van der Waals surface area contributed by atoms with E-state index in [0.717, 1.165) is 30.7 Å². The lowest BCUT2D eigenvalue weighted by molar-refractivity contribution is -0.136. The van der Waals surface area contributed by atoms with Crippen molar-refractivity contribution in [2.24, 2.45) is 0 Å². The lowest BCUT2D eigenvalue weighted by Crippen LogP contribution is -2.42. The van der Waals surface area contributed by atoms with Gasteiger partial charge in [-0.25, -0.2) is 9.67 Å². The van der Waals surface area contributed by atoms with Crippen LogP contribution in [-0.2, 0) is 28.9 Å². The van der Waals surface area contributed by atoms with E-state index in [4.69, 9.17) is 10.5 Å². The van der Waals surface area contributed by atoms with Crippen molar-refractivity contribution in [1.29, 1.82) is 0 Å². The minimum Gasteiger partial charge on any atom is -0.378 e. The molecule has 3 rings (SSSR count). The van der Waals surface area contributed by atoms with E-state index in [1.807, 2.05) is 6.20 Å². The maximum Gasteiger partial charge on any atom is 0.244 e. The van der Waals surface area contributed by atoms with Gasteiger partial charge < -0.3 is 20.4 Å². The number of morpholine rings is 1. The van der Waals surface area contributed by atoms with Gasteiger partial charge in [0.05, 0.1) is 25.1 Å². The molecule has 9 nitrogen and oxygen atoms in total. The molecule has 1 aliphatic rings. The predicted octanol–water partition coefficient (Wildman–Crippen LogP) is -0.382. The van der Waals surface area contributed by atoms with Gasteiger partial charge in [-0.2, -0.15) is 0 Å². The number of aryl methyl sites for hydroxylation is 2. The van der Waals surface area contributed by atoms with Crippen molar-refractivity contribution in [2.75, 3.05) is 32.0 Å². The van der Waals surface area contributed by atoms with E-state index < -0.39 is 0 Å². The third-order valence-corrected chi connectivity index (χ3v) is 3.77. The molecule has 0 spiro atoms. The number of nitrogen functional groups attached to an aromatic ring is 1. The highest BCUT2D eigenvalue weighted by molar-refractivity contribution is 5.75. The summed E-state index contributed by atoms with van der Waals surface area (Å²) >= 11 is 0. The van der Waals surface area contributed by atoms with Crippen LogP contribution in [0.25, 0.3) is 0 Å². The SMILES string of the molecule is Nc1ncc(CCCc2cn(CC(=O)N3CCOCC3)nn2)[nH]1. The van der Waals surface area contributed by atoms with Gasteiger partial charge in [0.15, 0.2) is 5.95 Å². The van der Waals surface area contributed by atoms with Crippen molar-refractivity contribution in [3.05, 3.63) is 23.8 Å². The van der Waals surface area contributed by atoms with E-state index in [1.165, 1.54) is 0 Å². The van der Waals surface area contributed by atoms with Crippen LogP contribution in [0.4, 0.5) is 5.95 Å². The topological polar surface area (TPSA) is 115 Å². The second-order valence-electron chi connectivity index (χ2n) is 5.55. The highest BCUT2D eigenvalue weighted by Gasteiger charge is 2.17. The van der Waals surface area contributed by atoms with Gasteiger partial charge in [-0.1, -0.05) is 5.21 Å². The van der Waals surface area contributed by atoms with E-state index >= 15 is 0 Å². The fourth-order valence-electron chi connectivity index (χ4n) is 2.55. The Hall–Kier alpha value is -2.42. The fraction of sp³-hybridized carbons (Fsp3) is 0.571. The molecular weight excluding hydrogens is 298 g/mol. The highest BCUT2D eigenvalue weighted by Crippen LogP contribution is 2.06. The fourth-order valence-corrected chi connectivity index (χ4v) is 2.55. The third-order valence-electron chi connectivity index (χ3n) is 3.77. The van der Waals surface area contributed by atoms with Crippen LogP contribution < -0.4 is 5.73 Å². The van der Waals surface area contributed by atoms with Crippen molar-refractivity contribution >= 4 is 11.9 Å². The summed E-state index contributed by atoms with van der Waals surface area (Å²) in [4.78, 5) is 20.9. The Morgan fingerprint density at radius 1 is 1.35 bits per heavy atom. The van der Waals surface area contributed by atoms with E-state index in [9.17, 15) is 4.79 Å². The van der Waals surface area contributed by atoms with Crippen molar-refractivity contribution < 1.29 is 9.53 Å². The molecule has 3 heterocycles. The number of H-pyrrole nitrogens is 1. The van der Waals surface area contributed by atoms with Crippen LogP contribution in [0.5, 0.6) is 0 Å². The van der Waals surface area contributed by atoms with Crippen molar-refractivity contribution in [3.63, 3.8) is 0 Å². The van der Waals surface area contributed by atoms with Gasteiger partial charge >= 0.3 is 0 Å². The molecule has 0 aliphatic carbocycles. The van der Waals surface area contributed by atoms with Gasteiger partial charge in [0.2, 0.25) is 5.91 Å². The van der Waals surface area contributed by atoms with Crippen molar-refractivity contribution in [3.8, 4) is 0 Å². The molecule has 1 aliphatic heterocycles. The first-order valence-electron chi connectivity index (χ1n) is 7.74. The first-order valence-corrected chi connectivity index (χ1v) is 7.74. The number of rotatable bonds is 6. The van der Waals surface area contributed by atoms with Crippen molar-refractivity contribution in [1.82, 2.24) is 29.9 Å². The normalized spacial score (nSPS) is 15.0. The zero-order valence-corrected chi connectivity index (χ0v) is 12.9. The third kappa shape index (κ3) is 4.28. The smallest absolute Gasteiger partial charge is 0.244 e. The van der Waals surface area contributed by atoms with Crippen LogP contribution in [-0.4, -0.2) is 62.1 Å². The summed E-state index contributed by atoms with van der Waals surface area (Å²) < 4.78 is 6.84. The first kappa shape index (κ1) is 15.5. The maximum absolute atomic E-state index is 12.1. The second-order valence-corrected chi connectivity index (χ2v) is 5.55. The van der Waals surface area contributed by atoms with Crippen LogP contribution in [0.3, 0.4) is 0 Å². The number of nitrogens with two attached hydrogens (primary N) is 1. The molecule has 124 valence electrons. The summed E-state index contributed by atoms with van der Waals surface area (Å²) in [6.45, 7) is 2.73. The molecule has 1 saturated heterocycles. The maximum atomic E-state index is 12.1. The quantitative estimate of drug-likeness (QED) is 0.750. The molecule has 0 aromatic carbocycles. The Labute approximate surface area is 133 Å². The second kappa shape index (κ2) is 7.23. The van der Waals surface area contributed by atoms with E-state index in [-0.39, 0.29) is 12.5 Å². The molecule has 1 amide bonds. The Kier molecular flexibility index (Phi) is 4.86. The number of carbonyl (C=O) groups is 1. The number of aromatic amines is 1. The summed E-state index contributed by atoms with van der Waals surface area (Å²) in [5.41, 5.74) is 7.43. The molecule has 3 N–H and O–H groups in total. The number of ether oxygens (including phenoxy) is 1. The Morgan fingerprint density at radius 3 is 2.91 bits per heavy atom. The highest BCUT2D eigenvalue weighted by atomic mass is 16.5. The molecule has 0 radical (unpaired) electrons. The molecule has 0 saturated carbocycles. The number of aromatic nitrogens is 5. The average Bonchev–Trinajstić information content (AvgIpc) is 3.17. The zero-order chi connectivity index (χ0) is 16.1. The summed E-state index contributed by atoms with van der Waals surface area (Å²) in [6, 6.07) is 0. The largest absolute Gasteiger partial charge is 0.378 e. The Balaban J connectivity index is 1.44. The van der Waals surface area contributed by atoms with Crippen LogP contribution in [0.2, 0.25) is 0 Å². The summed E-state index contributed by atoms with van der Waals surface area (Å²) in [5, 5.41) is 8.15. The number of hydrogen-bond acceptors (Lipinski definition) is 6. The number of nitrogens with one attached hydrogen (secondary N) is 1. The Morgan fingerprint density at radius 2 is 2.17 bits per heavy atom. The lowest BCUT2D eigenvalue weighted by Gasteiger charge is -2.26. The minimum atomic E-state index is 0.0534. The molecule has 9 heteroatoms. The van der Waals surface area contributed by atoms with E-state index in [2.05, 4.69) is 20.3 Å². The lowest BCUT2D eigenvalue weighted by atomic mass is 10.2. The molecule has 2 aromatic heterocycles. The van der Waals surface area contributed by atoms with E-state index in [0.29, 0.717) is 32.3 Å². The van der Waals surface area contributed by atoms with Gasteiger partial charge in [0, 0.05) is 25.0 Å². The molecule has 0 bridgehead atoms. The molecule has 2 aromatic rings. The van der Waals surface area contributed by atoms with Gasteiger partial charge in [0.1, 0.15) is 6.54 Å². The zero-order valence-electron chi connectivity index (χ0n) is 12.9. The number of imidazole rings is 1. The molecular formula is C14H21N7O2. The van der Waals surface area contributed by atoms with Gasteiger partial charge in [-0.15, -0.1) is 5.10 Å². The van der Waals surface area contributed by atoms with E-state index in [1.54, 1.807) is 15.8 Å². The number of nitrogens with zero attached hydrogens (tertiary/aromatic N) is 5. The van der Waals surface area contributed by atoms with Gasteiger partial charge in [-0.05, 0) is 19.3 Å². The predicted molar refractivity (Wildman–Crippen MR) is 82.4 cm³/mol. The number of carbonyl (C=O) groups excluding carboxylic acids is 1. The minimum absolute atomic E-state index is 0.0534. The van der Waals surface area contributed by atoms with Gasteiger partial charge in [-0.3, -0.25) is 4.79 Å². The van der Waals surface area contributed by atoms with Crippen LogP contribution in [0.1, 0.15) is 17.8 Å². The van der Waals surface area contributed by atoms with Crippen LogP contribution in [0, 0.1) is 0 Å². The standard InChI is InChI=1S/C14H21N7O2/c15-14-16-8-11(17-14)2-1-3-12-9-21(19-18-12)10-13(22)20-4-6-23-7-5-20/h8-9H,1-7,10H2,(H3,15,16,17). The summed E-state index contributed by atoms with van der Waals surface area (Å²) in [7, 11) is 0. The van der Waals surface area contributed by atoms with Crippen LogP contribution >= 0.6 is 0 Å². The summed E-state index contributed by atoms with van der Waals surface area (Å²) in [6.07, 6.45) is 6.14. The number of amides is 1. The molecule has 23 heavy (non-hydrogen) atoms. The molecule has 0 unspecified atom stereocenters. The number of anilines is 1. The van der Waals surface area contributed by atoms with Gasteiger partial charge in [0.25, 0.3) is 0 Å².